The smallest absolute Gasteiger partial charge is 0.430 e. The standard InChI is InChI=1S/C19H21B2N5O8/c1-4-18(6-31-16(28)30-5-10-8(2)32-17(29)33-10)14(27)19(20,21)15(34-18)26-7-23-11-12(22)24-9(3)25-13(11)26/h1,7,14-15,27H,5-6,20-21H2,2-3H3,(H2,22,24,25)/t14-,15-,18-/m1/s1. The van der Waals surface area contributed by atoms with Crippen molar-refractivity contribution in [2.75, 3.05) is 12.3 Å². The van der Waals surface area contributed by atoms with Crippen LogP contribution in [0.3, 0.4) is 0 Å². The molecule has 0 saturated carbocycles. The second-order valence-electron chi connectivity index (χ2n) is 8.47. The van der Waals surface area contributed by atoms with Crippen molar-refractivity contribution in [2.24, 2.45) is 0 Å². The van der Waals surface area contributed by atoms with Crippen molar-refractivity contribution >= 4 is 38.8 Å². The summed E-state index contributed by atoms with van der Waals surface area (Å²) in [6, 6.07) is 0. The van der Waals surface area contributed by atoms with E-state index < -0.39 is 48.3 Å². The van der Waals surface area contributed by atoms with Gasteiger partial charge in [0.05, 0.1) is 12.4 Å². The number of carbonyl (C=O) groups is 1. The summed E-state index contributed by atoms with van der Waals surface area (Å²) in [5.41, 5.74) is 5.03. The summed E-state index contributed by atoms with van der Waals surface area (Å²) in [4.78, 5) is 36.0. The lowest BCUT2D eigenvalue weighted by Crippen LogP contribution is -2.47. The fourth-order valence-electron chi connectivity index (χ4n) is 3.90. The predicted molar refractivity (Wildman–Crippen MR) is 120 cm³/mol. The molecule has 0 aromatic carbocycles. The van der Waals surface area contributed by atoms with E-state index in [1.165, 1.54) is 13.3 Å². The summed E-state index contributed by atoms with van der Waals surface area (Å²) in [5.74, 6) is 2.34. The van der Waals surface area contributed by atoms with E-state index in [-0.39, 0.29) is 17.3 Å². The maximum absolute atomic E-state index is 12.1. The summed E-state index contributed by atoms with van der Waals surface area (Å²) >= 11 is 0. The number of aliphatic hydroxyl groups is 1. The molecule has 4 rings (SSSR count). The topological polar surface area (TPSA) is 178 Å². The van der Waals surface area contributed by atoms with E-state index in [1.807, 2.05) is 0 Å². The van der Waals surface area contributed by atoms with Crippen molar-refractivity contribution < 1.29 is 32.9 Å². The first kappa shape index (κ1) is 23.4. The molecule has 1 saturated heterocycles. The Morgan fingerprint density at radius 2 is 2.09 bits per heavy atom. The summed E-state index contributed by atoms with van der Waals surface area (Å²) in [5, 5.41) is 10.2. The Balaban J connectivity index is 1.54. The Bertz CT molecular complexity index is 1360. The monoisotopic (exact) mass is 469 g/mol. The Morgan fingerprint density at radius 3 is 2.74 bits per heavy atom. The molecule has 0 aliphatic carbocycles. The number of hydrogen-bond donors (Lipinski definition) is 2. The number of terminal acetylenes is 1. The number of nitrogen functional groups attached to an aromatic ring is 1. The third-order valence-electron chi connectivity index (χ3n) is 5.72. The van der Waals surface area contributed by atoms with Gasteiger partial charge in [0.15, 0.2) is 35.2 Å². The molecule has 1 fully saturated rings. The Hall–Kier alpha value is -3.76. The molecule has 176 valence electrons. The molecule has 0 bridgehead atoms. The minimum atomic E-state index is -1.70. The minimum absolute atomic E-state index is 0.0375. The SMILES string of the molecule is BC1(B)[C@H](n2cnc3c(N)nc(C)nc32)O[C@](C#C)(COC(=O)OCc2oc(=O)oc2C)[C@H]1O. The Morgan fingerprint density at radius 1 is 1.35 bits per heavy atom. The van der Waals surface area contributed by atoms with Gasteiger partial charge in [-0.3, -0.25) is 4.57 Å². The highest BCUT2D eigenvalue weighted by atomic mass is 16.7. The number of aromatic nitrogens is 4. The van der Waals surface area contributed by atoms with Crippen LogP contribution in [0.4, 0.5) is 10.6 Å². The maximum Gasteiger partial charge on any atom is 0.519 e. The van der Waals surface area contributed by atoms with E-state index in [9.17, 15) is 14.7 Å². The molecule has 3 N–H and O–H groups in total. The number of anilines is 1. The molecule has 13 nitrogen and oxygen atoms in total. The van der Waals surface area contributed by atoms with E-state index in [4.69, 9.17) is 35.2 Å². The molecule has 34 heavy (non-hydrogen) atoms. The number of nitrogens with two attached hydrogens (primary N) is 1. The van der Waals surface area contributed by atoms with E-state index in [2.05, 4.69) is 20.9 Å². The van der Waals surface area contributed by atoms with Gasteiger partial charge in [-0.15, -0.1) is 6.42 Å². The fourth-order valence-corrected chi connectivity index (χ4v) is 3.90. The molecule has 3 aromatic heterocycles. The average Bonchev–Trinajstić information content (AvgIpc) is 3.39. The van der Waals surface area contributed by atoms with Crippen LogP contribution < -0.4 is 11.6 Å². The Kier molecular flexibility index (Phi) is 5.66. The lowest BCUT2D eigenvalue weighted by molar-refractivity contribution is -0.0988. The summed E-state index contributed by atoms with van der Waals surface area (Å²) < 4.78 is 27.2. The van der Waals surface area contributed by atoms with Gasteiger partial charge in [-0.2, -0.15) is 0 Å². The van der Waals surface area contributed by atoms with E-state index >= 15 is 0 Å². The van der Waals surface area contributed by atoms with Crippen LogP contribution in [0.5, 0.6) is 0 Å². The van der Waals surface area contributed by atoms with Crippen molar-refractivity contribution in [1.29, 1.82) is 0 Å². The van der Waals surface area contributed by atoms with Crippen LogP contribution >= 0.6 is 0 Å². The zero-order valence-corrected chi connectivity index (χ0v) is 18.9. The molecule has 1 aliphatic rings. The lowest BCUT2D eigenvalue weighted by Gasteiger charge is -2.30. The van der Waals surface area contributed by atoms with Gasteiger partial charge in [0.2, 0.25) is 0 Å². The Labute approximate surface area is 194 Å². The van der Waals surface area contributed by atoms with E-state index in [0.717, 1.165) is 0 Å². The molecule has 0 radical (unpaired) electrons. The van der Waals surface area contributed by atoms with Crippen LogP contribution in [0.25, 0.3) is 11.2 Å². The van der Waals surface area contributed by atoms with Crippen molar-refractivity contribution in [3.8, 4) is 12.3 Å². The van der Waals surface area contributed by atoms with Gasteiger partial charge < -0.3 is 33.9 Å². The van der Waals surface area contributed by atoms with E-state index in [1.54, 1.807) is 27.2 Å². The predicted octanol–water partition coefficient (Wildman–Crippen LogP) is -1.43. The summed E-state index contributed by atoms with van der Waals surface area (Å²) in [6.07, 6.45) is 4.00. The van der Waals surface area contributed by atoms with Gasteiger partial charge in [-0.1, -0.05) is 5.92 Å². The first-order chi connectivity index (χ1) is 16.0. The number of aryl methyl sites for hydroxylation is 2. The third kappa shape index (κ3) is 3.80. The molecule has 3 aromatic rings. The average molecular weight is 469 g/mol. The van der Waals surface area contributed by atoms with Gasteiger partial charge >= 0.3 is 12.0 Å². The number of rotatable bonds is 5. The summed E-state index contributed by atoms with van der Waals surface area (Å²) in [7, 11) is 3.49. The highest BCUT2D eigenvalue weighted by Gasteiger charge is 2.60. The van der Waals surface area contributed by atoms with E-state index in [0.29, 0.717) is 17.0 Å². The van der Waals surface area contributed by atoms with Crippen LogP contribution in [0.1, 0.15) is 23.6 Å². The van der Waals surface area contributed by atoms with Crippen LogP contribution in [0, 0.1) is 26.2 Å². The van der Waals surface area contributed by atoms with Crippen molar-refractivity contribution in [3.63, 3.8) is 0 Å². The molecular formula is C19H21B2N5O8. The first-order valence-corrected chi connectivity index (χ1v) is 10.2. The van der Waals surface area contributed by atoms with Crippen molar-refractivity contribution in [2.45, 2.75) is 43.6 Å². The third-order valence-corrected chi connectivity index (χ3v) is 5.72. The van der Waals surface area contributed by atoms with Crippen LogP contribution in [-0.4, -0.2) is 64.8 Å². The fraction of sp³-hybridized carbons (Fsp3) is 0.421. The van der Waals surface area contributed by atoms with Crippen LogP contribution in [0.15, 0.2) is 20.0 Å². The highest BCUT2D eigenvalue weighted by Crippen LogP contribution is 2.52. The van der Waals surface area contributed by atoms with Crippen molar-refractivity contribution in [1.82, 2.24) is 19.5 Å². The van der Waals surface area contributed by atoms with Crippen LogP contribution in [0.2, 0.25) is 5.21 Å². The van der Waals surface area contributed by atoms with Gasteiger partial charge in [-0.25, -0.2) is 24.5 Å². The number of nitrogens with zero attached hydrogens (tertiary/aromatic N) is 4. The number of ether oxygens (including phenoxy) is 3. The normalized spacial score (nSPS) is 23.6. The van der Waals surface area contributed by atoms with Gasteiger partial charge in [-0.05, 0) is 19.1 Å². The molecule has 3 atom stereocenters. The second kappa shape index (κ2) is 8.23. The number of fused-ring (bicyclic) bond motifs is 1. The van der Waals surface area contributed by atoms with Gasteiger partial charge in [0.1, 0.15) is 39.9 Å². The second-order valence-corrected chi connectivity index (χ2v) is 8.47. The zero-order chi connectivity index (χ0) is 24.8. The zero-order valence-electron chi connectivity index (χ0n) is 18.9. The largest absolute Gasteiger partial charge is 0.519 e. The number of aliphatic hydroxyl groups excluding tert-OH is 1. The maximum atomic E-state index is 12.1. The molecule has 1 aliphatic heterocycles. The molecule has 0 amide bonds. The van der Waals surface area contributed by atoms with Crippen LogP contribution in [-0.2, 0) is 20.8 Å². The molecule has 0 unspecified atom stereocenters. The van der Waals surface area contributed by atoms with Gasteiger partial charge in [0.25, 0.3) is 0 Å². The molecular weight excluding hydrogens is 448 g/mol. The molecule has 4 heterocycles. The lowest BCUT2D eigenvalue weighted by atomic mass is 9.49. The number of hydrogen-bond acceptors (Lipinski definition) is 12. The van der Waals surface area contributed by atoms with Gasteiger partial charge in [0, 0.05) is 0 Å². The highest BCUT2D eigenvalue weighted by molar-refractivity contribution is 6.41. The minimum Gasteiger partial charge on any atom is -0.430 e. The number of imidazole rings is 1. The molecule has 0 spiro atoms. The van der Waals surface area contributed by atoms with Crippen molar-refractivity contribution in [3.05, 3.63) is 34.3 Å². The molecule has 15 heteroatoms. The number of carbonyl (C=O) groups excluding carboxylic acids is 1. The quantitative estimate of drug-likeness (QED) is 0.253. The summed E-state index contributed by atoms with van der Waals surface area (Å²) in [6.45, 7) is 2.26. The first-order valence-electron chi connectivity index (χ1n) is 10.2.